The molecule has 2 rings (SSSR count). The molecular weight excluding hydrogens is 266 g/mol. The molecule has 0 atom stereocenters. The summed E-state index contributed by atoms with van der Waals surface area (Å²) in [7, 11) is 1.81. The SMILES string of the molecule is CCCNc1cc(C(=O)N(C)CCOCC2CC2)ccn1. The number of likely N-dealkylation sites (N-methyl/N-ethyl adjacent to an activating group) is 1. The van der Waals surface area contributed by atoms with Crippen molar-refractivity contribution in [2.24, 2.45) is 5.92 Å². The van der Waals surface area contributed by atoms with Crippen LogP contribution in [-0.4, -0.2) is 49.1 Å². The Morgan fingerprint density at radius 3 is 3.05 bits per heavy atom. The summed E-state index contributed by atoms with van der Waals surface area (Å²) in [6.07, 6.45) is 5.28. The summed E-state index contributed by atoms with van der Waals surface area (Å²) in [6, 6.07) is 3.56. The van der Waals surface area contributed by atoms with Crippen molar-refractivity contribution in [1.29, 1.82) is 0 Å². The van der Waals surface area contributed by atoms with Crippen molar-refractivity contribution in [3.8, 4) is 0 Å². The molecule has 5 nitrogen and oxygen atoms in total. The van der Waals surface area contributed by atoms with E-state index >= 15 is 0 Å². The van der Waals surface area contributed by atoms with Crippen LogP contribution in [0, 0.1) is 5.92 Å². The van der Waals surface area contributed by atoms with Crippen LogP contribution in [0.2, 0.25) is 0 Å². The van der Waals surface area contributed by atoms with E-state index in [4.69, 9.17) is 4.74 Å². The van der Waals surface area contributed by atoms with Crippen LogP contribution in [0.3, 0.4) is 0 Å². The van der Waals surface area contributed by atoms with Gasteiger partial charge in [0, 0.05) is 38.5 Å². The second-order valence-corrected chi connectivity index (χ2v) is 5.60. The molecule has 1 aliphatic rings. The molecule has 116 valence electrons. The Labute approximate surface area is 126 Å². The number of carbonyl (C=O) groups excluding carboxylic acids is 1. The maximum Gasteiger partial charge on any atom is 0.253 e. The first-order valence-corrected chi connectivity index (χ1v) is 7.74. The molecule has 1 aromatic heterocycles. The quantitative estimate of drug-likeness (QED) is 0.710. The van der Waals surface area contributed by atoms with Gasteiger partial charge in [-0.05, 0) is 37.3 Å². The Morgan fingerprint density at radius 2 is 2.33 bits per heavy atom. The summed E-state index contributed by atoms with van der Waals surface area (Å²) in [5, 5.41) is 3.19. The Hall–Kier alpha value is -1.62. The van der Waals surface area contributed by atoms with E-state index in [-0.39, 0.29) is 5.91 Å². The molecule has 1 saturated carbocycles. The van der Waals surface area contributed by atoms with E-state index in [1.165, 1.54) is 12.8 Å². The van der Waals surface area contributed by atoms with Gasteiger partial charge in [-0.1, -0.05) is 6.92 Å². The summed E-state index contributed by atoms with van der Waals surface area (Å²) in [5.41, 5.74) is 0.660. The van der Waals surface area contributed by atoms with E-state index in [9.17, 15) is 4.79 Å². The van der Waals surface area contributed by atoms with Gasteiger partial charge in [0.25, 0.3) is 5.91 Å². The first-order valence-electron chi connectivity index (χ1n) is 7.74. The van der Waals surface area contributed by atoms with Crippen molar-refractivity contribution in [2.75, 3.05) is 38.7 Å². The Balaban J connectivity index is 1.79. The molecule has 0 spiro atoms. The van der Waals surface area contributed by atoms with Gasteiger partial charge >= 0.3 is 0 Å². The predicted molar refractivity (Wildman–Crippen MR) is 83.5 cm³/mol. The van der Waals surface area contributed by atoms with Crippen molar-refractivity contribution in [1.82, 2.24) is 9.88 Å². The second kappa shape index (κ2) is 7.98. The van der Waals surface area contributed by atoms with E-state index in [1.807, 2.05) is 7.05 Å². The maximum absolute atomic E-state index is 12.3. The first kappa shape index (κ1) is 15.8. The molecule has 1 amide bonds. The van der Waals surface area contributed by atoms with Gasteiger partial charge in [-0.2, -0.15) is 0 Å². The van der Waals surface area contributed by atoms with Gasteiger partial charge in [-0.25, -0.2) is 4.98 Å². The van der Waals surface area contributed by atoms with Gasteiger partial charge in [0.2, 0.25) is 0 Å². The number of amides is 1. The molecular formula is C16H25N3O2. The average Bonchev–Trinajstić information content (AvgIpc) is 3.33. The molecule has 1 N–H and O–H groups in total. The third-order valence-electron chi connectivity index (χ3n) is 3.53. The lowest BCUT2D eigenvalue weighted by Crippen LogP contribution is -2.30. The minimum Gasteiger partial charge on any atom is -0.379 e. The number of nitrogens with one attached hydrogen (secondary N) is 1. The number of anilines is 1. The van der Waals surface area contributed by atoms with E-state index in [1.54, 1.807) is 23.2 Å². The van der Waals surface area contributed by atoms with E-state index in [0.717, 1.165) is 31.3 Å². The molecule has 0 bridgehead atoms. The summed E-state index contributed by atoms with van der Waals surface area (Å²) in [5.74, 6) is 1.52. The predicted octanol–water partition coefficient (Wildman–Crippen LogP) is 2.40. The average molecular weight is 291 g/mol. The number of pyridine rings is 1. The zero-order valence-corrected chi connectivity index (χ0v) is 13.0. The molecule has 21 heavy (non-hydrogen) atoms. The summed E-state index contributed by atoms with van der Waals surface area (Å²) >= 11 is 0. The van der Waals surface area contributed by atoms with E-state index in [0.29, 0.717) is 18.7 Å². The van der Waals surface area contributed by atoms with Crippen molar-refractivity contribution >= 4 is 11.7 Å². The molecule has 1 aromatic rings. The van der Waals surface area contributed by atoms with Crippen molar-refractivity contribution in [2.45, 2.75) is 26.2 Å². The lowest BCUT2D eigenvalue weighted by atomic mass is 10.2. The van der Waals surface area contributed by atoms with Gasteiger partial charge in [0.1, 0.15) is 5.82 Å². The number of hydrogen-bond acceptors (Lipinski definition) is 4. The van der Waals surface area contributed by atoms with Crippen LogP contribution in [0.5, 0.6) is 0 Å². The monoisotopic (exact) mass is 291 g/mol. The van der Waals surface area contributed by atoms with E-state index < -0.39 is 0 Å². The number of rotatable bonds is 9. The van der Waals surface area contributed by atoms with Crippen LogP contribution in [0.4, 0.5) is 5.82 Å². The van der Waals surface area contributed by atoms with Crippen molar-refractivity contribution in [3.05, 3.63) is 23.9 Å². The molecule has 0 unspecified atom stereocenters. The van der Waals surface area contributed by atoms with Crippen molar-refractivity contribution in [3.63, 3.8) is 0 Å². The van der Waals surface area contributed by atoms with Gasteiger partial charge in [0.05, 0.1) is 6.61 Å². The summed E-state index contributed by atoms with van der Waals surface area (Å²) < 4.78 is 5.57. The molecule has 1 fully saturated rings. The highest BCUT2D eigenvalue weighted by atomic mass is 16.5. The van der Waals surface area contributed by atoms with Gasteiger partial charge in [-0.15, -0.1) is 0 Å². The fourth-order valence-electron chi connectivity index (χ4n) is 1.97. The highest BCUT2D eigenvalue weighted by Crippen LogP contribution is 2.28. The fraction of sp³-hybridized carbons (Fsp3) is 0.625. The fourth-order valence-corrected chi connectivity index (χ4v) is 1.97. The summed E-state index contributed by atoms with van der Waals surface area (Å²) in [4.78, 5) is 18.2. The topological polar surface area (TPSA) is 54.5 Å². The van der Waals surface area contributed by atoms with Gasteiger partial charge < -0.3 is 15.0 Å². The number of aromatic nitrogens is 1. The van der Waals surface area contributed by atoms with Crippen LogP contribution in [-0.2, 0) is 4.74 Å². The largest absolute Gasteiger partial charge is 0.379 e. The highest BCUT2D eigenvalue weighted by Gasteiger charge is 2.21. The lowest BCUT2D eigenvalue weighted by molar-refractivity contribution is 0.0681. The van der Waals surface area contributed by atoms with Crippen LogP contribution in [0.15, 0.2) is 18.3 Å². The lowest BCUT2D eigenvalue weighted by Gasteiger charge is -2.17. The standard InChI is InChI=1S/C16H25N3O2/c1-3-7-17-15-11-14(6-8-18-15)16(20)19(2)9-10-21-12-13-4-5-13/h6,8,11,13H,3-5,7,9-10,12H2,1-2H3,(H,17,18). The number of carbonyl (C=O) groups is 1. The second-order valence-electron chi connectivity index (χ2n) is 5.60. The third-order valence-corrected chi connectivity index (χ3v) is 3.53. The molecule has 0 radical (unpaired) electrons. The Bertz CT molecular complexity index is 461. The Morgan fingerprint density at radius 1 is 1.52 bits per heavy atom. The molecule has 1 aliphatic carbocycles. The molecule has 5 heteroatoms. The minimum absolute atomic E-state index is 0.00645. The van der Waals surface area contributed by atoms with Crippen LogP contribution in [0.25, 0.3) is 0 Å². The van der Waals surface area contributed by atoms with Crippen molar-refractivity contribution < 1.29 is 9.53 Å². The zero-order chi connectivity index (χ0) is 15.1. The molecule has 0 aromatic carbocycles. The third kappa shape index (κ3) is 5.34. The highest BCUT2D eigenvalue weighted by molar-refractivity contribution is 5.94. The zero-order valence-electron chi connectivity index (χ0n) is 13.0. The normalized spacial score (nSPS) is 14.0. The number of hydrogen-bond donors (Lipinski definition) is 1. The molecule has 1 heterocycles. The van der Waals surface area contributed by atoms with Crippen LogP contribution < -0.4 is 5.32 Å². The molecule has 0 aliphatic heterocycles. The Kier molecular flexibility index (Phi) is 5.99. The molecule has 0 saturated heterocycles. The van der Waals surface area contributed by atoms with Gasteiger partial charge in [0.15, 0.2) is 0 Å². The van der Waals surface area contributed by atoms with Crippen LogP contribution >= 0.6 is 0 Å². The first-order chi connectivity index (χ1) is 10.2. The van der Waals surface area contributed by atoms with Gasteiger partial charge in [-0.3, -0.25) is 4.79 Å². The maximum atomic E-state index is 12.3. The summed E-state index contributed by atoms with van der Waals surface area (Å²) in [6.45, 7) is 5.01. The number of ether oxygens (including phenoxy) is 1. The minimum atomic E-state index is 0.00645. The number of nitrogens with zero attached hydrogens (tertiary/aromatic N) is 2. The van der Waals surface area contributed by atoms with Crippen LogP contribution in [0.1, 0.15) is 36.5 Å². The van der Waals surface area contributed by atoms with E-state index in [2.05, 4.69) is 17.2 Å². The smallest absolute Gasteiger partial charge is 0.253 e.